The minimum atomic E-state index is -0.504. The molecule has 4 heterocycles. The minimum absolute atomic E-state index is 0.0495. The van der Waals surface area contributed by atoms with Crippen molar-refractivity contribution >= 4 is 39.2 Å². The van der Waals surface area contributed by atoms with Crippen LogP contribution in [0.4, 0.5) is 15.8 Å². The minimum Gasteiger partial charge on any atom is -0.397 e. The predicted molar refractivity (Wildman–Crippen MR) is 162 cm³/mol. The van der Waals surface area contributed by atoms with Crippen LogP contribution in [0.3, 0.4) is 0 Å². The van der Waals surface area contributed by atoms with Gasteiger partial charge in [-0.25, -0.2) is 20.2 Å². The summed E-state index contributed by atoms with van der Waals surface area (Å²) in [5, 5.41) is 3.20. The standard InChI is InChI=1S/C30H34FN9O2/c1-2-3-10-30(37-38-30)11-9-24(41)33-12-13-39-14-16-40(17-15-39)19-7-8-21-23(18-19)35-28(34-21)26-27(32)25-20(31)5-4-6-22(25)36-29(26)42/h1,4-8,18,37-38H,3,9-17H2,(H,33,41)(H,34,35)(H3,32,36,42). The number of hydrogen-bond acceptors (Lipinski definition) is 8. The number of H-pyrrole nitrogens is 2. The first-order valence-electron chi connectivity index (χ1n) is 14.2. The molecule has 4 aromatic rings. The average Bonchev–Trinajstić information content (AvgIpc) is 3.64. The molecule has 2 fully saturated rings. The largest absolute Gasteiger partial charge is 0.397 e. The molecule has 2 aliphatic rings. The normalized spacial score (nSPS) is 16.5. The Hall–Kier alpha value is -4.44. The number of nitrogens with one attached hydrogen (secondary N) is 5. The van der Waals surface area contributed by atoms with Gasteiger partial charge in [0.15, 0.2) is 0 Å². The van der Waals surface area contributed by atoms with Gasteiger partial charge in [0.1, 0.15) is 17.2 Å². The smallest absolute Gasteiger partial charge is 0.261 e. The van der Waals surface area contributed by atoms with Gasteiger partial charge in [-0.05, 0) is 43.2 Å². The molecule has 11 nitrogen and oxygen atoms in total. The molecule has 2 aromatic heterocycles. The van der Waals surface area contributed by atoms with E-state index in [1.807, 2.05) is 18.2 Å². The number of anilines is 2. The number of fused-ring (bicyclic) bond motifs is 2. The Morgan fingerprint density at radius 2 is 1.93 bits per heavy atom. The van der Waals surface area contributed by atoms with Crippen molar-refractivity contribution in [3.63, 3.8) is 0 Å². The van der Waals surface area contributed by atoms with Gasteiger partial charge < -0.3 is 25.9 Å². The zero-order valence-electron chi connectivity index (χ0n) is 23.2. The summed E-state index contributed by atoms with van der Waals surface area (Å²) < 4.78 is 14.5. The summed E-state index contributed by atoms with van der Waals surface area (Å²) in [5.41, 5.74) is 14.9. The number of amides is 1. The molecule has 2 saturated heterocycles. The van der Waals surface area contributed by atoms with Gasteiger partial charge >= 0.3 is 0 Å². The monoisotopic (exact) mass is 571 g/mol. The molecule has 0 bridgehead atoms. The van der Waals surface area contributed by atoms with Gasteiger partial charge in [0.05, 0.1) is 33.3 Å². The third kappa shape index (κ3) is 5.67. The molecular formula is C30H34FN9O2. The Bertz CT molecular complexity index is 1730. The molecule has 6 rings (SSSR count). The summed E-state index contributed by atoms with van der Waals surface area (Å²) in [7, 11) is 0. The van der Waals surface area contributed by atoms with E-state index in [2.05, 4.69) is 46.8 Å². The van der Waals surface area contributed by atoms with E-state index in [4.69, 9.17) is 12.2 Å². The molecule has 218 valence electrons. The number of nitrogens with zero attached hydrogens (tertiary/aromatic N) is 3. The number of hydrogen-bond donors (Lipinski definition) is 6. The number of piperazine rings is 1. The number of carbonyl (C=O) groups is 1. The molecule has 0 radical (unpaired) electrons. The number of pyridine rings is 1. The second kappa shape index (κ2) is 11.4. The van der Waals surface area contributed by atoms with Crippen LogP contribution in [-0.4, -0.2) is 70.7 Å². The number of rotatable bonds is 10. The maximum atomic E-state index is 14.5. The predicted octanol–water partition coefficient (Wildman–Crippen LogP) is 2.03. The number of carbonyl (C=O) groups excluding carboxylic acids is 1. The van der Waals surface area contributed by atoms with Crippen LogP contribution in [0.5, 0.6) is 0 Å². The highest BCUT2D eigenvalue weighted by Crippen LogP contribution is 2.31. The summed E-state index contributed by atoms with van der Waals surface area (Å²) in [6.45, 7) is 4.82. The third-order valence-electron chi connectivity index (χ3n) is 8.17. The van der Waals surface area contributed by atoms with Crippen molar-refractivity contribution in [2.75, 3.05) is 49.9 Å². The van der Waals surface area contributed by atoms with E-state index in [0.29, 0.717) is 42.7 Å². The van der Waals surface area contributed by atoms with Crippen LogP contribution < -0.4 is 32.4 Å². The van der Waals surface area contributed by atoms with Crippen molar-refractivity contribution in [2.45, 2.75) is 31.3 Å². The zero-order chi connectivity index (χ0) is 29.3. The van der Waals surface area contributed by atoms with E-state index in [9.17, 15) is 14.0 Å². The molecule has 0 spiro atoms. The first-order chi connectivity index (χ1) is 20.4. The van der Waals surface area contributed by atoms with E-state index >= 15 is 0 Å². The first kappa shape index (κ1) is 27.7. The molecule has 1 amide bonds. The van der Waals surface area contributed by atoms with E-state index in [0.717, 1.165) is 50.3 Å². The van der Waals surface area contributed by atoms with Crippen LogP contribution in [0.15, 0.2) is 41.2 Å². The number of imidazole rings is 1. The SMILES string of the molecule is C#CCCC1(CCC(=O)NCCN2CCN(c3ccc4[nH]c(-c5c(N)c6c(F)cccc6[nH]c5=O)nc4c3)CC2)NN1. The van der Waals surface area contributed by atoms with Gasteiger partial charge in [0, 0.05) is 57.8 Å². The van der Waals surface area contributed by atoms with Gasteiger partial charge in [-0.15, -0.1) is 12.3 Å². The lowest BCUT2D eigenvalue weighted by atomic mass is 10.0. The summed E-state index contributed by atoms with van der Waals surface area (Å²) in [4.78, 5) is 40.3. The van der Waals surface area contributed by atoms with E-state index in [-0.39, 0.29) is 28.2 Å². The highest BCUT2D eigenvalue weighted by atomic mass is 19.1. The Kier molecular flexibility index (Phi) is 7.55. The Labute approximate surface area is 242 Å². The van der Waals surface area contributed by atoms with Crippen LogP contribution in [0, 0.1) is 18.2 Å². The Morgan fingerprint density at radius 1 is 1.12 bits per heavy atom. The summed E-state index contributed by atoms with van der Waals surface area (Å²) in [6.07, 6.45) is 8.00. The number of nitrogens with two attached hydrogens (primary N) is 1. The van der Waals surface area contributed by atoms with Crippen molar-refractivity contribution < 1.29 is 9.18 Å². The summed E-state index contributed by atoms with van der Waals surface area (Å²) >= 11 is 0. The van der Waals surface area contributed by atoms with Crippen molar-refractivity contribution in [1.82, 2.24) is 36.0 Å². The van der Waals surface area contributed by atoms with Crippen molar-refractivity contribution in [3.05, 3.63) is 52.6 Å². The van der Waals surface area contributed by atoms with Gasteiger partial charge in [0.2, 0.25) is 5.91 Å². The number of terminal acetylenes is 1. The highest BCUT2D eigenvalue weighted by molar-refractivity contribution is 5.98. The average molecular weight is 572 g/mol. The van der Waals surface area contributed by atoms with Crippen molar-refractivity contribution in [1.29, 1.82) is 0 Å². The first-order valence-corrected chi connectivity index (χ1v) is 14.2. The second-order valence-corrected chi connectivity index (χ2v) is 10.9. The quantitative estimate of drug-likeness (QED) is 0.124. The Balaban J connectivity index is 1.04. The highest BCUT2D eigenvalue weighted by Gasteiger charge is 2.40. The van der Waals surface area contributed by atoms with Gasteiger partial charge in [-0.1, -0.05) is 6.07 Å². The number of nitrogen functional groups attached to an aromatic ring is 1. The van der Waals surface area contributed by atoms with E-state index < -0.39 is 11.4 Å². The fourth-order valence-electron chi connectivity index (χ4n) is 5.63. The fraction of sp³-hybridized carbons (Fsp3) is 0.367. The lowest BCUT2D eigenvalue weighted by molar-refractivity contribution is -0.121. The van der Waals surface area contributed by atoms with Crippen LogP contribution in [0.25, 0.3) is 33.3 Å². The topological polar surface area (TPSA) is 167 Å². The van der Waals surface area contributed by atoms with Crippen molar-refractivity contribution in [2.24, 2.45) is 0 Å². The molecule has 0 saturated carbocycles. The lowest BCUT2D eigenvalue weighted by Crippen LogP contribution is -2.48. The maximum Gasteiger partial charge on any atom is 0.261 e. The molecule has 7 N–H and O–H groups in total. The number of aromatic amines is 2. The van der Waals surface area contributed by atoms with E-state index in [1.165, 1.54) is 12.1 Å². The van der Waals surface area contributed by atoms with Crippen LogP contribution in [0.1, 0.15) is 25.7 Å². The molecular weight excluding hydrogens is 537 g/mol. The molecule has 42 heavy (non-hydrogen) atoms. The number of aromatic nitrogens is 3. The number of halogens is 1. The lowest BCUT2D eigenvalue weighted by Gasteiger charge is -2.36. The molecule has 2 aliphatic heterocycles. The molecule has 2 aromatic carbocycles. The molecule has 0 atom stereocenters. The van der Waals surface area contributed by atoms with Gasteiger partial charge in [-0.3, -0.25) is 14.5 Å². The molecule has 0 unspecified atom stereocenters. The van der Waals surface area contributed by atoms with Gasteiger partial charge in [-0.2, -0.15) is 0 Å². The molecule has 0 aliphatic carbocycles. The van der Waals surface area contributed by atoms with Crippen LogP contribution >= 0.6 is 0 Å². The van der Waals surface area contributed by atoms with Crippen molar-refractivity contribution in [3.8, 4) is 23.7 Å². The zero-order valence-corrected chi connectivity index (χ0v) is 23.2. The second-order valence-electron chi connectivity index (χ2n) is 10.9. The molecule has 12 heteroatoms. The number of benzene rings is 2. The Morgan fingerprint density at radius 3 is 2.69 bits per heavy atom. The fourth-order valence-corrected chi connectivity index (χ4v) is 5.63. The van der Waals surface area contributed by atoms with Crippen LogP contribution in [0.2, 0.25) is 0 Å². The summed E-state index contributed by atoms with van der Waals surface area (Å²) in [6, 6.07) is 10.4. The number of hydrazine groups is 1. The van der Waals surface area contributed by atoms with Crippen LogP contribution in [-0.2, 0) is 4.79 Å². The maximum absolute atomic E-state index is 14.5. The summed E-state index contributed by atoms with van der Waals surface area (Å²) in [5.74, 6) is 2.48. The van der Waals surface area contributed by atoms with E-state index in [1.54, 1.807) is 6.07 Å². The third-order valence-corrected chi connectivity index (χ3v) is 8.17. The van der Waals surface area contributed by atoms with Gasteiger partial charge in [0.25, 0.3) is 5.56 Å².